The molecular formula is C21H22N2O5. The Hall–Kier alpha value is -3.19. The second-order valence-corrected chi connectivity index (χ2v) is 6.45. The number of Topliss-reactive ketones (excluding diaryl/α,β-unsaturated/α-hetero) is 1. The van der Waals surface area contributed by atoms with E-state index in [0.29, 0.717) is 16.9 Å². The average molecular weight is 382 g/mol. The third kappa shape index (κ3) is 3.48. The van der Waals surface area contributed by atoms with Gasteiger partial charge in [-0.3, -0.25) is 14.6 Å². The van der Waals surface area contributed by atoms with Crippen LogP contribution in [0.4, 0.5) is 0 Å². The summed E-state index contributed by atoms with van der Waals surface area (Å²) in [6, 6.07) is 7.88. The largest absolute Gasteiger partial charge is 0.507 e. The van der Waals surface area contributed by atoms with Crippen LogP contribution >= 0.6 is 0 Å². The first-order valence-electron chi connectivity index (χ1n) is 8.81. The van der Waals surface area contributed by atoms with Gasteiger partial charge in [-0.25, -0.2) is 0 Å². The minimum absolute atomic E-state index is 0.0561. The number of hydrogen-bond donors (Lipinski definition) is 1. The number of rotatable bonds is 6. The number of carbonyl (C=O) groups excluding carboxylic acids is 2. The van der Waals surface area contributed by atoms with Crippen molar-refractivity contribution in [2.45, 2.75) is 13.0 Å². The Morgan fingerprint density at radius 2 is 1.89 bits per heavy atom. The van der Waals surface area contributed by atoms with Crippen LogP contribution in [0.5, 0.6) is 5.75 Å². The molecule has 1 fully saturated rings. The molecule has 0 bridgehead atoms. The highest BCUT2D eigenvalue weighted by Gasteiger charge is 2.45. The number of likely N-dealkylation sites (tertiary alicyclic amines) is 1. The van der Waals surface area contributed by atoms with Crippen molar-refractivity contribution in [2.75, 3.05) is 27.4 Å². The van der Waals surface area contributed by atoms with Gasteiger partial charge in [0.05, 0.1) is 25.3 Å². The van der Waals surface area contributed by atoms with Crippen molar-refractivity contribution in [3.63, 3.8) is 0 Å². The Morgan fingerprint density at radius 3 is 2.50 bits per heavy atom. The molecule has 1 aromatic heterocycles. The van der Waals surface area contributed by atoms with Gasteiger partial charge < -0.3 is 19.5 Å². The first kappa shape index (κ1) is 19.6. The van der Waals surface area contributed by atoms with Gasteiger partial charge in [0.15, 0.2) is 0 Å². The third-order valence-electron chi connectivity index (χ3n) is 4.79. The van der Waals surface area contributed by atoms with Crippen LogP contribution in [0.3, 0.4) is 0 Å². The standard InChI is InChI=1S/C21H22N2O5/c1-13-12-15(28-3)4-5-16(13)19(24)17-18(14-6-8-22-9-7-14)23(10-11-27-2)21(26)20(17)25/h4-9,12,18,24H,10-11H2,1-3H3/b19-17+/t18-/m1/s1. The number of aromatic nitrogens is 1. The van der Waals surface area contributed by atoms with E-state index in [2.05, 4.69) is 4.98 Å². The van der Waals surface area contributed by atoms with Crippen LogP contribution in [0, 0.1) is 6.92 Å². The zero-order chi connectivity index (χ0) is 20.3. The molecule has 28 heavy (non-hydrogen) atoms. The summed E-state index contributed by atoms with van der Waals surface area (Å²) < 4.78 is 10.3. The molecule has 1 amide bonds. The first-order valence-corrected chi connectivity index (χ1v) is 8.81. The molecule has 2 heterocycles. The van der Waals surface area contributed by atoms with Gasteiger partial charge >= 0.3 is 0 Å². The molecule has 0 spiro atoms. The number of ether oxygens (including phenoxy) is 2. The summed E-state index contributed by atoms with van der Waals surface area (Å²) in [6.45, 7) is 2.31. The zero-order valence-corrected chi connectivity index (χ0v) is 16.0. The molecule has 0 radical (unpaired) electrons. The molecule has 1 aliphatic heterocycles. The number of aliphatic hydroxyl groups is 1. The van der Waals surface area contributed by atoms with Gasteiger partial charge in [0.1, 0.15) is 11.5 Å². The molecule has 2 aromatic rings. The van der Waals surface area contributed by atoms with E-state index in [4.69, 9.17) is 9.47 Å². The second kappa shape index (κ2) is 8.22. The maximum absolute atomic E-state index is 12.8. The monoisotopic (exact) mass is 382 g/mol. The Bertz CT molecular complexity index is 924. The molecule has 7 nitrogen and oxygen atoms in total. The lowest BCUT2D eigenvalue weighted by Gasteiger charge is -2.25. The Kier molecular flexibility index (Phi) is 5.75. The van der Waals surface area contributed by atoms with Crippen molar-refractivity contribution < 1.29 is 24.2 Å². The van der Waals surface area contributed by atoms with Crippen molar-refractivity contribution >= 4 is 17.4 Å². The minimum Gasteiger partial charge on any atom is -0.507 e. The Balaban J connectivity index is 2.16. The van der Waals surface area contributed by atoms with Crippen molar-refractivity contribution in [3.8, 4) is 5.75 Å². The van der Waals surface area contributed by atoms with Crippen LogP contribution in [0.1, 0.15) is 22.7 Å². The fourth-order valence-electron chi connectivity index (χ4n) is 3.37. The molecule has 0 unspecified atom stereocenters. The number of carbonyl (C=O) groups is 2. The third-order valence-corrected chi connectivity index (χ3v) is 4.79. The van der Waals surface area contributed by atoms with Crippen molar-refractivity contribution in [1.29, 1.82) is 0 Å². The maximum Gasteiger partial charge on any atom is 0.295 e. The lowest BCUT2D eigenvalue weighted by molar-refractivity contribution is -0.140. The summed E-state index contributed by atoms with van der Waals surface area (Å²) in [5.41, 5.74) is 1.96. The molecule has 1 N–H and O–H groups in total. The highest BCUT2D eigenvalue weighted by molar-refractivity contribution is 6.46. The summed E-state index contributed by atoms with van der Waals surface area (Å²) in [7, 11) is 3.08. The van der Waals surface area contributed by atoms with E-state index < -0.39 is 17.7 Å². The summed E-state index contributed by atoms with van der Waals surface area (Å²) in [4.78, 5) is 30.9. The molecule has 3 rings (SSSR count). The fraction of sp³-hybridized carbons (Fsp3) is 0.286. The lowest BCUT2D eigenvalue weighted by Crippen LogP contribution is -2.32. The highest BCUT2D eigenvalue weighted by Crippen LogP contribution is 2.39. The summed E-state index contributed by atoms with van der Waals surface area (Å²) in [6.07, 6.45) is 3.18. The molecule has 1 saturated heterocycles. The minimum atomic E-state index is -0.717. The smallest absolute Gasteiger partial charge is 0.295 e. The fourth-order valence-corrected chi connectivity index (χ4v) is 3.37. The molecule has 1 aromatic carbocycles. The first-order chi connectivity index (χ1) is 13.5. The number of ketones is 1. The van der Waals surface area contributed by atoms with E-state index in [9.17, 15) is 14.7 Å². The van der Waals surface area contributed by atoms with Gasteiger partial charge in [-0.15, -0.1) is 0 Å². The quantitative estimate of drug-likeness (QED) is 0.469. The van der Waals surface area contributed by atoms with Crippen molar-refractivity contribution in [2.24, 2.45) is 0 Å². The van der Waals surface area contributed by atoms with Gasteiger partial charge in [0.2, 0.25) is 0 Å². The predicted molar refractivity (Wildman–Crippen MR) is 103 cm³/mol. The van der Waals surface area contributed by atoms with E-state index in [-0.39, 0.29) is 24.5 Å². The number of aryl methyl sites for hydroxylation is 1. The summed E-state index contributed by atoms with van der Waals surface area (Å²) in [5.74, 6) is -0.947. The van der Waals surface area contributed by atoms with Crippen LogP contribution in [0.2, 0.25) is 0 Å². The predicted octanol–water partition coefficient (Wildman–Crippen LogP) is 2.47. The Labute approximate surface area is 163 Å². The molecule has 1 atom stereocenters. The van der Waals surface area contributed by atoms with Crippen LogP contribution in [0.25, 0.3) is 5.76 Å². The maximum atomic E-state index is 12.8. The van der Waals surface area contributed by atoms with E-state index >= 15 is 0 Å². The number of methoxy groups -OCH3 is 2. The molecule has 0 aliphatic carbocycles. The van der Waals surface area contributed by atoms with Crippen molar-refractivity contribution in [3.05, 3.63) is 65.0 Å². The second-order valence-electron chi connectivity index (χ2n) is 6.45. The van der Waals surface area contributed by atoms with Crippen LogP contribution in [-0.2, 0) is 14.3 Å². The van der Waals surface area contributed by atoms with Crippen LogP contribution < -0.4 is 4.74 Å². The molecule has 146 valence electrons. The van der Waals surface area contributed by atoms with Gasteiger partial charge in [-0.05, 0) is 48.4 Å². The SMILES string of the molecule is COCCN1C(=O)C(=O)/C(=C(/O)c2ccc(OC)cc2C)[C@H]1c1ccncc1. The highest BCUT2D eigenvalue weighted by atomic mass is 16.5. The van der Waals surface area contributed by atoms with Crippen LogP contribution in [0.15, 0.2) is 48.3 Å². The summed E-state index contributed by atoms with van der Waals surface area (Å²) >= 11 is 0. The molecular weight excluding hydrogens is 360 g/mol. The lowest BCUT2D eigenvalue weighted by atomic mass is 9.94. The molecule has 1 aliphatic rings. The Morgan fingerprint density at radius 1 is 1.18 bits per heavy atom. The number of benzene rings is 1. The number of aliphatic hydroxyl groups excluding tert-OH is 1. The van der Waals surface area contributed by atoms with E-state index in [1.165, 1.54) is 12.0 Å². The van der Waals surface area contributed by atoms with E-state index in [1.807, 2.05) is 0 Å². The zero-order valence-electron chi connectivity index (χ0n) is 16.0. The number of amides is 1. The average Bonchev–Trinajstić information content (AvgIpc) is 2.97. The van der Waals surface area contributed by atoms with Gasteiger partial charge in [-0.2, -0.15) is 0 Å². The topological polar surface area (TPSA) is 89.0 Å². The molecule has 0 saturated carbocycles. The summed E-state index contributed by atoms with van der Waals surface area (Å²) in [5, 5.41) is 11.0. The van der Waals surface area contributed by atoms with Crippen LogP contribution in [-0.4, -0.2) is 54.1 Å². The van der Waals surface area contributed by atoms with Gasteiger partial charge in [-0.1, -0.05) is 0 Å². The van der Waals surface area contributed by atoms with Crippen molar-refractivity contribution in [1.82, 2.24) is 9.88 Å². The number of pyridine rings is 1. The number of nitrogens with zero attached hydrogens (tertiary/aromatic N) is 2. The normalized spacial score (nSPS) is 18.5. The van der Waals surface area contributed by atoms with Gasteiger partial charge in [0.25, 0.3) is 11.7 Å². The van der Waals surface area contributed by atoms with E-state index in [0.717, 1.165) is 5.56 Å². The van der Waals surface area contributed by atoms with E-state index in [1.54, 1.807) is 56.8 Å². The number of hydrogen-bond acceptors (Lipinski definition) is 6. The van der Waals surface area contributed by atoms with Gasteiger partial charge in [0, 0.05) is 31.6 Å². The molecule has 7 heteroatoms.